The van der Waals surface area contributed by atoms with Gasteiger partial charge in [0.25, 0.3) is 5.56 Å². The number of nitrogens with one attached hydrogen (secondary N) is 1. The van der Waals surface area contributed by atoms with E-state index in [1.165, 1.54) is 16.3 Å². The van der Waals surface area contributed by atoms with Crippen molar-refractivity contribution in [2.24, 2.45) is 7.05 Å². The normalized spacial score (nSPS) is 14.4. The number of hydrogen-bond acceptors (Lipinski definition) is 7. The fourth-order valence-corrected chi connectivity index (χ4v) is 3.91. The van der Waals surface area contributed by atoms with E-state index in [1.54, 1.807) is 25.5 Å². The summed E-state index contributed by atoms with van der Waals surface area (Å²) in [4.78, 5) is 42.0. The third-order valence-corrected chi connectivity index (χ3v) is 5.32. The summed E-state index contributed by atoms with van der Waals surface area (Å²) >= 11 is 1.52. The summed E-state index contributed by atoms with van der Waals surface area (Å²) in [6.45, 7) is 2.39. The van der Waals surface area contributed by atoms with Crippen LogP contribution in [0.3, 0.4) is 0 Å². The van der Waals surface area contributed by atoms with Crippen molar-refractivity contribution in [3.05, 3.63) is 39.3 Å². The number of nitrogens with zero attached hydrogens (tertiary/aromatic N) is 6. The number of H-pyrrole nitrogens is 1. The summed E-state index contributed by atoms with van der Waals surface area (Å²) in [6.07, 6.45) is 5.62. The molecule has 1 aliphatic heterocycles. The third-order valence-electron chi connectivity index (χ3n) is 4.46. The lowest BCUT2D eigenvalue weighted by Gasteiger charge is -2.18. The Morgan fingerprint density at radius 1 is 1.19 bits per heavy atom. The van der Waals surface area contributed by atoms with E-state index in [0.717, 1.165) is 31.9 Å². The number of aryl methyl sites for hydroxylation is 2. The monoisotopic (exact) mass is 373 g/mol. The predicted molar refractivity (Wildman–Crippen MR) is 99.8 cm³/mol. The minimum atomic E-state index is -0.452. The van der Waals surface area contributed by atoms with Crippen LogP contribution < -0.4 is 16.1 Å². The number of thioether (sulfide) groups is 1. The first kappa shape index (κ1) is 16.8. The molecular weight excluding hydrogens is 354 g/mol. The largest absolute Gasteiger partial charge is 0.342 e. The van der Waals surface area contributed by atoms with Crippen molar-refractivity contribution in [1.82, 2.24) is 29.1 Å². The molecule has 0 amide bonds. The van der Waals surface area contributed by atoms with Gasteiger partial charge in [-0.25, -0.2) is 14.8 Å². The topological polar surface area (TPSA) is 102 Å². The van der Waals surface area contributed by atoms with E-state index in [0.29, 0.717) is 28.6 Å². The highest BCUT2D eigenvalue weighted by Gasteiger charge is 2.23. The van der Waals surface area contributed by atoms with Crippen molar-refractivity contribution >= 4 is 28.9 Å². The second kappa shape index (κ2) is 6.94. The third kappa shape index (κ3) is 3.00. The van der Waals surface area contributed by atoms with Gasteiger partial charge in [0.05, 0.1) is 0 Å². The molecule has 0 unspecified atom stereocenters. The van der Waals surface area contributed by atoms with E-state index in [9.17, 15) is 9.59 Å². The number of hydrogen-bond donors (Lipinski definition) is 1. The van der Waals surface area contributed by atoms with Crippen LogP contribution in [0.15, 0.2) is 33.2 Å². The van der Waals surface area contributed by atoms with Gasteiger partial charge in [0.1, 0.15) is 0 Å². The van der Waals surface area contributed by atoms with Crippen molar-refractivity contribution in [3.63, 3.8) is 0 Å². The molecule has 10 heteroatoms. The van der Waals surface area contributed by atoms with E-state index in [-0.39, 0.29) is 0 Å². The first-order valence-electron chi connectivity index (χ1n) is 8.49. The van der Waals surface area contributed by atoms with Crippen LogP contribution in [-0.2, 0) is 13.6 Å². The Hall–Kier alpha value is -2.62. The molecule has 1 saturated heterocycles. The lowest BCUT2D eigenvalue weighted by Crippen LogP contribution is -2.29. The minimum Gasteiger partial charge on any atom is -0.342 e. The van der Waals surface area contributed by atoms with E-state index in [1.807, 2.05) is 4.57 Å². The van der Waals surface area contributed by atoms with Gasteiger partial charge in [0.15, 0.2) is 16.3 Å². The van der Waals surface area contributed by atoms with Crippen molar-refractivity contribution in [2.45, 2.75) is 24.5 Å². The summed E-state index contributed by atoms with van der Waals surface area (Å²) in [5.41, 5.74) is -0.000572. The van der Waals surface area contributed by atoms with Gasteiger partial charge in [-0.1, -0.05) is 11.8 Å². The quantitative estimate of drug-likeness (QED) is 0.516. The second-order valence-electron chi connectivity index (χ2n) is 6.13. The van der Waals surface area contributed by atoms with E-state index in [4.69, 9.17) is 0 Å². The highest BCUT2D eigenvalue weighted by molar-refractivity contribution is 7.99. The zero-order valence-corrected chi connectivity index (χ0v) is 15.2. The van der Waals surface area contributed by atoms with Gasteiger partial charge in [-0.15, -0.1) is 0 Å². The van der Waals surface area contributed by atoms with Gasteiger partial charge in [-0.3, -0.25) is 14.3 Å². The zero-order valence-electron chi connectivity index (χ0n) is 14.4. The van der Waals surface area contributed by atoms with E-state index < -0.39 is 11.2 Å². The molecule has 3 aromatic rings. The molecule has 136 valence electrons. The number of rotatable bonds is 5. The number of anilines is 1. The zero-order chi connectivity index (χ0) is 18.1. The number of fused-ring (bicyclic) bond motifs is 1. The average molecular weight is 373 g/mol. The Labute approximate surface area is 153 Å². The highest BCUT2D eigenvalue weighted by atomic mass is 32.2. The number of aromatic amines is 1. The average Bonchev–Trinajstić information content (AvgIpc) is 3.28. The first-order chi connectivity index (χ1) is 12.6. The molecule has 0 saturated carbocycles. The summed E-state index contributed by atoms with van der Waals surface area (Å²) < 4.78 is 3.30. The first-order valence-corrected chi connectivity index (χ1v) is 9.48. The minimum absolute atomic E-state index is 0.401. The predicted octanol–water partition coefficient (Wildman–Crippen LogP) is 0.606. The Balaban J connectivity index is 1.73. The van der Waals surface area contributed by atoms with Gasteiger partial charge in [0, 0.05) is 44.8 Å². The summed E-state index contributed by atoms with van der Waals surface area (Å²) in [6, 6.07) is 1.78. The van der Waals surface area contributed by atoms with Crippen LogP contribution in [0.2, 0.25) is 0 Å². The Kier molecular flexibility index (Phi) is 4.49. The molecule has 9 nitrogen and oxygen atoms in total. The van der Waals surface area contributed by atoms with Gasteiger partial charge in [0.2, 0.25) is 5.95 Å². The molecule has 4 heterocycles. The van der Waals surface area contributed by atoms with Crippen LogP contribution in [0.5, 0.6) is 0 Å². The molecule has 0 aliphatic carbocycles. The number of imidazole rings is 1. The fourth-order valence-electron chi connectivity index (χ4n) is 3.18. The maximum atomic E-state index is 12.5. The molecule has 26 heavy (non-hydrogen) atoms. The molecule has 1 fully saturated rings. The summed E-state index contributed by atoms with van der Waals surface area (Å²) in [7, 11) is 1.62. The highest BCUT2D eigenvalue weighted by Crippen LogP contribution is 2.24. The number of aromatic nitrogens is 6. The lowest BCUT2D eigenvalue weighted by atomic mass is 10.4. The maximum absolute atomic E-state index is 12.5. The smallest absolute Gasteiger partial charge is 0.329 e. The van der Waals surface area contributed by atoms with Crippen molar-refractivity contribution in [2.75, 3.05) is 23.7 Å². The fraction of sp³-hybridized carbons (Fsp3) is 0.438. The van der Waals surface area contributed by atoms with E-state index in [2.05, 4.69) is 24.8 Å². The maximum Gasteiger partial charge on any atom is 0.329 e. The van der Waals surface area contributed by atoms with Crippen LogP contribution in [0.1, 0.15) is 12.8 Å². The molecule has 0 bridgehead atoms. The van der Waals surface area contributed by atoms with Crippen molar-refractivity contribution in [1.29, 1.82) is 0 Å². The molecule has 0 radical (unpaired) electrons. The van der Waals surface area contributed by atoms with Crippen molar-refractivity contribution in [3.8, 4) is 0 Å². The summed E-state index contributed by atoms with van der Waals surface area (Å²) in [5.74, 6) is 1.44. The molecule has 0 spiro atoms. The van der Waals surface area contributed by atoms with Crippen molar-refractivity contribution < 1.29 is 0 Å². The van der Waals surface area contributed by atoms with Crippen LogP contribution in [0.25, 0.3) is 11.2 Å². The molecule has 1 aliphatic rings. The molecule has 0 atom stereocenters. The molecule has 1 N–H and O–H groups in total. The van der Waals surface area contributed by atoms with Crippen LogP contribution >= 0.6 is 11.8 Å². The lowest BCUT2D eigenvalue weighted by molar-refractivity contribution is 0.751. The van der Waals surface area contributed by atoms with E-state index >= 15 is 0 Å². The van der Waals surface area contributed by atoms with Crippen LogP contribution in [0.4, 0.5) is 5.95 Å². The molecule has 3 aromatic heterocycles. The molecule has 0 aromatic carbocycles. The van der Waals surface area contributed by atoms with Crippen LogP contribution in [0, 0.1) is 0 Å². The van der Waals surface area contributed by atoms with Gasteiger partial charge >= 0.3 is 5.69 Å². The Bertz CT molecular complexity index is 1030. The Morgan fingerprint density at radius 2 is 1.92 bits per heavy atom. The molecule has 4 rings (SSSR count). The Morgan fingerprint density at radius 3 is 2.65 bits per heavy atom. The standard InChI is InChI=1S/C16H19N7O2S/c1-21-12-11(13(24)20-16(21)25)23(15(19-12)22-7-2-3-8-22)9-10-26-14-17-5-4-6-18-14/h4-6H,2-3,7-10H2,1H3,(H,20,24,25). The molecular formula is C16H19N7O2S. The van der Waals surface area contributed by atoms with Gasteiger partial charge in [-0.2, -0.15) is 4.98 Å². The van der Waals surface area contributed by atoms with Gasteiger partial charge < -0.3 is 9.47 Å². The summed E-state index contributed by atoms with van der Waals surface area (Å²) in [5, 5.41) is 0.695. The SMILES string of the molecule is Cn1c(=O)[nH]c(=O)c2c1nc(N1CCCC1)n2CCSc1ncccn1. The second-order valence-corrected chi connectivity index (χ2v) is 7.19. The van der Waals surface area contributed by atoms with Crippen LogP contribution in [-0.4, -0.2) is 47.9 Å². The van der Waals surface area contributed by atoms with Gasteiger partial charge in [-0.05, 0) is 18.9 Å².